The summed E-state index contributed by atoms with van der Waals surface area (Å²) in [6.45, 7) is 0. The van der Waals surface area contributed by atoms with Crippen LogP contribution >= 0.6 is 11.8 Å². The summed E-state index contributed by atoms with van der Waals surface area (Å²) >= 11 is 1.41. The maximum absolute atomic E-state index is 12.7. The number of aromatic amines is 1. The molecular weight excluding hydrogens is 516 g/mol. The number of nitrogens with one attached hydrogen (secondary N) is 1. The Bertz CT molecular complexity index is 1860. The Hall–Kier alpha value is -5.26. The molecule has 192 valence electrons. The lowest BCUT2D eigenvalue weighted by Crippen LogP contribution is -2.14. The van der Waals surface area contributed by atoms with Gasteiger partial charge in [-0.1, -0.05) is 114 Å². The molecule has 2 aromatic heterocycles. The molecule has 7 nitrogen and oxygen atoms in total. The van der Waals surface area contributed by atoms with E-state index in [1.54, 1.807) is 4.68 Å². The van der Waals surface area contributed by atoms with E-state index in [9.17, 15) is 10.1 Å². The number of H-pyrrole nitrogens is 1. The second-order valence-corrected chi connectivity index (χ2v) is 9.98. The van der Waals surface area contributed by atoms with E-state index in [0.717, 1.165) is 39.2 Å². The number of nitrogens with zero attached hydrogens (tertiary/aromatic N) is 5. The number of hydrogen-bond acceptors (Lipinski definition) is 6. The lowest BCUT2D eigenvalue weighted by atomic mass is 10.0. The number of thioether (sulfide) groups is 1. The zero-order valence-corrected chi connectivity index (χ0v) is 22.0. The van der Waals surface area contributed by atoms with Gasteiger partial charge in [-0.25, -0.2) is 9.67 Å². The highest BCUT2D eigenvalue weighted by Crippen LogP contribution is 2.27. The van der Waals surface area contributed by atoms with Crippen LogP contribution in [0, 0.1) is 11.3 Å². The van der Waals surface area contributed by atoms with Gasteiger partial charge in [0.05, 0.1) is 17.6 Å². The smallest absolute Gasteiger partial charge is 0.270 e. The van der Waals surface area contributed by atoms with Crippen LogP contribution in [-0.4, -0.2) is 25.0 Å². The van der Waals surface area contributed by atoms with Gasteiger partial charge in [0.15, 0.2) is 5.16 Å². The first kappa shape index (κ1) is 25.0. The molecule has 0 unspecified atom stereocenters. The molecule has 0 atom stereocenters. The molecule has 0 radical (unpaired) electrons. The first-order valence-electron chi connectivity index (χ1n) is 12.6. The number of hydrogen-bond donors (Lipinski definition) is 1. The molecule has 2 heterocycles. The Morgan fingerprint density at radius 3 is 2.08 bits per heavy atom. The van der Waals surface area contributed by atoms with Crippen LogP contribution in [0.1, 0.15) is 11.1 Å². The van der Waals surface area contributed by atoms with Crippen LogP contribution in [0.15, 0.2) is 125 Å². The Balaban J connectivity index is 1.18. The molecule has 0 aliphatic carbocycles. The summed E-state index contributed by atoms with van der Waals surface area (Å²) in [7, 11) is 0. The molecule has 8 heteroatoms. The van der Waals surface area contributed by atoms with Crippen LogP contribution in [0.4, 0.5) is 0 Å². The molecule has 0 aliphatic rings. The molecule has 1 N–H and O–H groups in total. The molecular formula is C32H22N6OS. The van der Waals surface area contributed by atoms with E-state index in [4.69, 9.17) is 0 Å². The normalized spacial score (nSPS) is 10.8. The Labute approximate surface area is 234 Å². The molecule has 0 saturated heterocycles. The lowest BCUT2D eigenvalue weighted by Gasteiger charge is -2.08. The van der Waals surface area contributed by atoms with Gasteiger partial charge in [-0.15, -0.1) is 5.10 Å². The number of aromatic nitrogens is 5. The summed E-state index contributed by atoms with van der Waals surface area (Å²) < 4.78 is 1.74. The molecule has 0 bridgehead atoms. The third-order valence-electron chi connectivity index (χ3n) is 6.41. The highest BCUT2D eigenvalue weighted by molar-refractivity contribution is 7.98. The average molecular weight is 539 g/mol. The van der Waals surface area contributed by atoms with Gasteiger partial charge < -0.3 is 4.98 Å². The van der Waals surface area contributed by atoms with Crippen LogP contribution in [0.2, 0.25) is 0 Å². The van der Waals surface area contributed by atoms with Crippen LogP contribution in [0.25, 0.3) is 39.3 Å². The summed E-state index contributed by atoms with van der Waals surface area (Å²) in [5.74, 6) is 0.591. The van der Waals surface area contributed by atoms with E-state index in [-0.39, 0.29) is 5.56 Å². The minimum atomic E-state index is -0.446. The Morgan fingerprint density at radius 2 is 1.40 bits per heavy atom. The minimum Gasteiger partial charge on any atom is -0.300 e. The first-order valence-corrected chi connectivity index (χ1v) is 13.6. The number of nitriles is 1. The highest BCUT2D eigenvalue weighted by atomic mass is 32.2. The van der Waals surface area contributed by atoms with Gasteiger partial charge in [0.2, 0.25) is 0 Å². The monoisotopic (exact) mass is 538 g/mol. The van der Waals surface area contributed by atoms with Crippen LogP contribution in [0.3, 0.4) is 0 Å². The maximum Gasteiger partial charge on any atom is 0.270 e. The fourth-order valence-corrected chi connectivity index (χ4v) is 5.13. The lowest BCUT2D eigenvalue weighted by molar-refractivity contribution is 0.803. The fourth-order valence-electron chi connectivity index (χ4n) is 4.31. The SMILES string of the molecule is N#Cc1c(-c2ccc(-c3ccccc3)cc2)nc(SCc2ccc(-n3cc(-c4ccccc4)nn3)cc2)[nH]c1=O. The molecule has 0 fully saturated rings. The van der Waals surface area contributed by atoms with Gasteiger partial charge >= 0.3 is 0 Å². The van der Waals surface area contributed by atoms with Crippen LogP contribution < -0.4 is 5.56 Å². The maximum atomic E-state index is 12.7. The minimum absolute atomic E-state index is 0.00358. The van der Waals surface area contributed by atoms with E-state index in [0.29, 0.717) is 16.6 Å². The zero-order valence-electron chi connectivity index (χ0n) is 21.2. The van der Waals surface area contributed by atoms with E-state index < -0.39 is 5.56 Å². The van der Waals surface area contributed by atoms with Crippen molar-refractivity contribution in [2.75, 3.05) is 0 Å². The second kappa shape index (κ2) is 11.2. The van der Waals surface area contributed by atoms with Crippen molar-refractivity contribution in [1.29, 1.82) is 5.26 Å². The van der Waals surface area contributed by atoms with Crippen molar-refractivity contribution < 1.29 is 0 Å². The summed E-state index contributed by atoms with van der Waals surface area (Å²) in [6, 6.07) is 37.7. The molecule has 0 spiro atoms. The van der Waals surface area contributed by atoms with Gasteiger partial charge in [0, 0.05) is 16.9 Å². The third kappa shape index (κ3) is 5.32. The van der Waals surface area contributed by atoms with Crippen molar-refractivity contribution in [2.24, 2.45) is 0 Å². The Morgan fingerprint density at radius 1 is 0.775 bits per heavy atom. The summed E-state index contributed by atoms with van der Waals surface area (Å²) in [6.07, 6.45) is 1.90. The molecule has 4 aromatic carbocycles. The summed E-state index contributed by atoms with van der Waals surface area (Å²) in [5, 5.41) is 18.6. The quantitative estimate of drug-likeness (QED) is 0.184. The highest BCUT2D eigenvalue weighted by Gasteiger charge is 2.14. The summed E-state index contributed by atoms with van der Waals surface area (Å²) in [5.41, 5.74) is 6.57. The summed E-state index contributed by atoms with van der Waals surface area (Å²) in [4.78, 5) is 20.1. The number of benzene rings is 4. The largest absolute Gasteiger partial charge is 0.300 e. The van der Waals surface area contributed by atoms with Gasteiger partial charge in [0.1, 0.15) is 17.3 Å². The van der Waals surface area contributed by atoms with Crippen molar-refractivity contribution in [2.45, 2.75) is 10.9 Å². The second-order valence-electron chi connectivity index (χ2n) is 9.02. The molecule has 0 amide bonds. The standard InChI is InChI=1S/C32H22N6OS/c33-19-28-30(26-15-13-24(14-16-26)23-7-3-1-4-8-23)34-32(35-31(28)39)40-21-22-11-17-27(18-12-22)38-20-29(36-37-38)25-9-5-2-6-10-25/h1-18,20H,21H2,(H,34,35,39). The average Bonchev–Trinajstić information content (AvgIpc) is 3.52. The van der Waals surface area contributed by atoms with Crippen molar-refractivity contribution in [3.8, 4) is 45.4 Å². The van der Waals surface area contributed by atoms with Gasteiger partial charge in [-0.2, -0.15) is 5.26 Å². The molecule has 0 aliphatic heterocycles. The first-order chi connectivity index (χ1) is 19.7. The molecule has 6 rings (SSSR count). The Kier molecular flexibility index (Phi) is 7.03. The molecule has 40 heavy (non-hydrogen) atoms. The zero-order chi connectivity index (χ0) is 27.3. The van der Waals surface area contributed by atoms with Crippen molar-refractivity contribution >= 4 is 11.8 Å². The van der Waals surface area contributed by atoms with Crippen LogP contribution in [0.5, 0.6) is 0 Å². The molecule has 0 saturated carbocycles. The topological polar surface area (TPSA) is 100 Å². The van der Waals surface area contributed by atoms with E-state index in [1.807, 2.05) is 121 Å². The number of rotatable bonds is 7. The van der Waals surface area contributed by atoms with Crippen molar-refractivity contribution in [3.05, 3.63) is 137 Å². The van der Waals surface area contributed by atoms with Gasteiger partial charge in [0.25, 0.3) is 5.56 Å². The third-order valence-corrected chi connectivity index (χ3v) is 7.36. The van der Waals surface area contributed by atoms with Gasteiger partial charge in [-0.3, -0.25) is 4.79 Å². The van der Waals surface area contributed by atoms with Crippen LogP contribution in [-0.2, 0) is 5.75 Å². The van der Waals surface area contributed by atoms with Crippen molar-refractivity contribution in [1.82, 2.24) is 25.0 Å². The molecule has 6 aromatic rings. The van der Waals surface area contributed by atoms with E-state index >= 15 is 0 Å². The van der Waals surface area contributed by atoms with Gasteiger partial charge in [-0.05, 0) is 28.8 Å². The van der Waals surface area contributed by atoms with Crippen molar-refractivity contribution in [3.63, 3.8) is 0 Å². The predicted molar refractivity (Wildman–Crippen MR) is 157 cm³/mol. The fraction of sp³-hybridized carbons (Fsp3) is 0.0312. The van der Waals surface area contributed by atoms with E-state index in [2.05, 4.69) is 20.3 Å². The van der Waals surface area contributed by atoms with E-state index in [1.165, 1.54) is 11.8 Å². The predicted octanol–water partition coefficient (Wildman–Crippen LogP) is 6.52.